The molecule has 0 bridgehead atoms. The van der Waals surface area contributed by atoms with Crippen LogP contribution in [0.25, 0.3) is 50.5 Å². The zero-order chi connectivity index (χ0) is 26.1. The first-order valence-corrected chi connectivity index (χ1v) is 13.4. The summed E-state index contributed by atoms with van der Waals surface area (Å²) in [5.41, 5.74) is 9.69. The van der Waals surface area contributed by atoms with Crippen molar-refractivity contribution in [3.63, 3.8) is 0 Å². The van der Waals surface area contributed by atoms with Crippen molar-refractivity contribution in [2.24, 2.45) is 0 Å². The predicted octanol–water partition coefficient (Wildman–Crippen LogP) is 9.02. The SMILES string of the molecule is CCC/C=C\C1=C(C)Cc2cc(-c3nc(-c4ccccc4)nc(-c4ccc(C)c5ccccc45)n3)ccc21. The van der Waals surface area contributed by atoms with Crippen molar-refractivity contribution in [1.29, 1.82) is 0 Å². The summed E-state index contributed by atoms with van der Waals surface area (Å²) in [4.78, 5) is 15.0. The quantitative estimate of drug-likeness (QED) is 0.237. The molecule has 186 valence electrons. The van der Waals surface area contributed by atoms with Crippen LogP contribution in [-0.2, 0) is 6.42 Å². The lowest BCUT2D eigenvalue weighted by Gasteiger charge is -2.12. The minimum absolute atomic E-state index is 0.688. The largest absolute Gasteiger partial charge is 0.208 e. The predicted molar refractivity (Wildman–Crippen MR) is 159 cm³/mol. The summed E-state index contributed by atoms with van der Waals surface area (Å²) < 4.78 is 0. The van der Waals surface area contributed by atoms with E-state index in [2.05, 4.69) is 99.7 Å². The molecule has 0 saturated carbocycles. The summed E-state index contributed by atoms with van der Waals surface area (Å²) in [6.07, 6.45) is 7.81. The standard InChI is InChI=1S/C35H31N3/c1-4-5-7-14-29-24(3)21-27-22-26(18-20-30(27)29)34-36-33(25-12-8-6-9-13-25)37-35(38-34)32-19-17-23(2)28-15-10-11-16-31(28)32/h6-20,22H,4-5,21H2,1-3H3/b14-7-. The van der Waals surface area contributed by atoms with E-state index in [4.69, 9.17) is 15.0 Å². The van der Waals surface area contributed by atoms with Gasteiger partial charge >= 0.3 is 0 Å². The van der Waals surface area contributed by atoms with Crippen molar-refractivity contribution in [2.45, 2.75) is 40.0 Å². The summed E-state index contributed by atoms with van der Waals surface area (Å²) in [5, 5.41) is 2.37. The number of rotatable bonds is 6. The van der Waals surface area contributed by atoms with Crippen LogP contribution in [0.1, 0.15) is 43.4 Å². The minimum atomic E-state index is 0.688. The normalized spacial score (nSPS) is 13.0. The van der Waals surface area contributed by atoms with Gasteiger partial charge in [-0.25, -0.2) is 15.0 Å². The van der Waals surface area contributed by atoms with E-state index in [9.17, 15) is 0 Å². The van der Waals surface area contributed by atoms with E-state index in [-0.39, 0.29) is 0 Å². The van der Waals surface area contributed by atoms with Gasteiger partial charge in [-0.2, -0.15) is 0 Å². The first kappa shape index (κ1) is 24.0. The Morgan fingerprint density at radius 3 is 2.16 bits per heavy atom. The number of hydrogen-bond donors (Lipinski definition) is 0. The molecule has 0 atom stereocenters. The number of fused-ring (bicyclic) bond motifs is 2. The molecule has 1 heterocycles. The molecule has 6 rings (SSSR count). The molecular weight excluding hydrogens is 462 g/mol. The fraction of sp³-hybridized carbons (Fsp3) is 0.171. The van der Waals surface area contributed by atoms with Gasteiger partial charge in [0.25, 0.3) is 0 Å². The molecule has 0 amide bonds. The van der Waals surface area contributed by atoms with Gasteiger partial charge in [0.1, 0.15) is 0 Å². The lowest BCUT2D eigenvalue weighted by Crippen LogP contribution is -2.01. The van der Waals surface area contributed by atoms with E-state index in [1.54, 1.807) is 0 Å². The summed E-state index contributed by atoms with van der Waals surface area (Å²) in [7, 11) is 0. The first-order chi connectivity index (χ1) is 18.6. The molecule has 38 heavy (non-hydrogen) atoms. The zero-order valence-corrected chi connectivity index (χ0v) is 22.2. The van der Waals surface area contributed by atoms with Crippen LogP contribution in [0, 0.1) is 6.92 Å². The molecule has 4 aromatic carbocycles. The lowest BCUT2D eigenvalue weighted by molar-refractivity contribution is 0.959. The van der Waals surface area contributed by atoms with Gasteiger partial charge in [-0.3, -0.25) is 0 Å². The maximum Gasteiger partial charge on any atom is 0.164 e. The third kappa shape index (κ3) is 4.45. The van der Waals surface area contributed by atoms with Crippen LogP contribution in [-0.4, -0.2) is 15.0 Å². The van der Waals surface area contributed by atoms with Gasteiger partial charge in [-0.1, -0.05) is 110 Å². The highest BCUT2D eigenvalue weighted by atomic mass is 15.0. The van der Waals surface area contributed by atoms with E-state index in [1.807, 2.05) is 18.2 Å². The Labute approximate surface area is 224 Å². The van der Waals surface area contributed by atoms with E-state index >= 15 is 0 Å². The van der Waals surface area contributed by atoms with Crippen LogP contribution in [0.4, 0.5) is 0 Å². The van der Waals surface area contributed by atoms with Crippen LogP contribution in [0.2, 0.25) is 0 Å². The fourth-order valence-electron chi connectivity index (χ4n) is 5.34. The molecule has 0 N–H and O–H groups in total. The highest BCUT2D eigenvalue weighted by Crippen LogP contribution is 2.37. The first-order valence-electron chi connectivity index (χ1n) is 13.4. The third-order valence-electron chi connectivity index (χ3n) is 7.36. The highest BCUT2D eigenvalue weighted by Gasteiger charge is 2.20. The number of hydrogen-bond acceptors (Lipinski definition) is 3. The molecule has 0 radical (unpaired) electrons. The molecular formula is C35H31N3. The van der Waals surface area contributed by atoms with Crippen LogP contribution < -0.4 is 0 Å². The van der Waals surface area contributed by atoms with Crippen molar-refractivity contribution >= 4 is 16.3 Å². The Morgan fingerprint density at radius 2 is 1.37 bits per heavy atom. The average molecular weight is 494 g/mol. The molecule has 0 spiro atoms. The lowest BCUT2D eigenvalue weighted by atomic mass is 9.99. The van der Waals surface area contributed by atoms with Crippen LogP contribution in [0.3, 0.4) is 0 Å². The second-order valence-corrected chi connectivity index (χ2v) is 10.1. The Morgan fingerprint density at radius 1 is 0.684 bits per heavy atom. The van der Waals surface area contributed by atoms with Gasteiger partial charge in [0.15, 0.2) is 17.5 Å². The second kappa shape index (κ2) is 10.2. The van der Waals surface area contributed by atoms with E-state index < -0.39 is 0 Å². The Kier molecular flexibility index (Phi) is 6.43. The molecule has 0 fully saturated rings. The summed E-state index contributed by atoms with van der Waals surface area (Å²) in [5.74, 6) is 2.09. The van der Waals surface area contributed by atoms with Gasteiger partial charge in [-0.15, -0.1) is 0 Å². The van der Waals surface area contributed by atoms with Gasteiger partial charge in [0.2, 0.25) is 0 Å². The summed E-state index contributed by atoms with van der Waals surface area (Å²) in [6.45, 7) is 6.60. The number of benzene rings is 4. The van der Waals surface area contributed by atoms with Crippen molar-refractivity contribution < 1.29 is 0 Å². The fourth-order valence-corrected chi connectivity index (χ4v) is 5.34. The molecule has 3 nitrogen and oxygen atoms in total. The smallest absolute Gasteiger partial charge is 0.164 e. The summed E-state index contributed by atoms with van der Waals surface area (Å²) in [6, 6.07) is 29.6. The average Bonchev–Trinajstić information content (AvgIpc) is 3.28. The molecule has 1 aromatic heterocycles. The van der Waals surface area contributed by atoms with E-state index in [0.717, 1.165) is 41.3 Å². The Balaban J connectivity index is 1.49. The highest BCUT2D eigenvalue weighted by molar-refractivity contribution is 5.97. The molecule has 0 aliphatic heterocycles. The molecule has 0 saturated heterocycles. The van der Waals surface area contributed by atoms with Crippen molar-refractivity contribution in [1.82, 2.24) is 15.0 Å². The van der Waals surface area contributed by atoms with Crippen LogP contribution in [0.15, 0.2) is 103 Å². The van der Waals surface area contributed by atoms with Crippen molar-refractivity contribution in [3.8, 4) is 34.2 Å². The maximum absolute atomic E-state index is 5.05. The van der Waals surface area contributed by atoms with E-state index in [0.29, 0.717) is 17.5 Å². The van der Waals surface area contributed by atoms with Gasteiger partial charge < -0.3 is 0 Å². The number of aromatic nitrogens is 3. The molecule has 1 aliphatic rings. The van der Waals surface area contributed by atoms with Crippen molar-refractivity contribution in [3.05, 3.63) is 119 Å². The molecule has 3 heteroatoms. The van der Waals surface area contributed by atoms with E-state index in [1.165, 1.54) is 33.2 Å². The minimum Gasteiger partial charge on any atom is -0.208 e. The number of unbranched alkanes of at least 4 members (excludes halogenated alkanes) is 1. The summed E-state index contributed by atoms with van der Waals surface area (Å²) >= 11 is 0. The Hall–Kier alpha value is -4.37. The van der Waals surface area contributed by atoms with Crippen molar-refractivity contribution in [2.75, 3.05) is 0 Å². The molecule has 1 aliphatic carbocycles. The number of aryl methyl sites for hydroxylation is 1. The zero-order valence-electron chi connectivity index (χ0n) is 22.2. The van der Waals surface area contributed by atoms with Gasteiger partial charge in [-0.05, 0) is 65.8 Å². The second-order valence-electron chi connectivity index (χ2n) is 10.1. The third-order valence-corrected chi connectivity index (χ3v) is 7.36. The molecule has 0 unspecified atom stereocenters. The number of allylic oxidation sites excluding steroid dienone is 4. The Bertz CT molecular complexity index is 1710. The van der Waals surface area contributed by atoms with Crippen LogP contribution >= 0.6 is 0 Å². The van der Waals surface area contributed by atoms with Gasteiger partial charge in [0, 0.05) is 16.7 Å². The van der Waals surface area contributed by atoms with Crippen LogP contribution in [0.5, 0.6) is 0 Å². The molecule has 5 aromatic rings. The maximum atomic E-state index is 5.05. The van der Waals surface area contributed by atoms with Gasteiger partial charge in [0.05, 0.1) is 0 Å². The monoisotopic (exact) mass is 493 g/mol. The number of nitrogens with zero attached hydrogens (tertiary/aromatic N) is 3. The topological polar surface area (TPSA) is 38.7 Å².